The number of benzene rings is 1. The normalized spacial score (nSPS) is 9.80. The minimum Gasteiger partial charge on any atom is -0.384 e. The van der Waals surface area contributed by atoms with Crippen molar-refractivity contribution in [3.63, 3.8) is 0 Å². The molecule has 98 valence electrons. The molecule has 0 saturated carbocycles. The van der Waals surface area contributed by atoms with Gasteiger partial charge in [-0.25, -0.2) is 0 Å². The first-order valence-electron chi connectivity index (χ1n) is 5.92. The van der Waals surface area contributed by atoms with Crippen LogP contribution in [0.25, 0.3) is 11.1 Å². The number of aryl methyl sites for hydroxylation is 2. The number of rotatable bonds is 1. The van der Waals surface area contributed by atoms with E-state index in [-0.39, 0.29) is 16.9 Å². The van der Waals surface area contributed by atoms with Gasteiger partial charge in [0.05, 0.1) is 0 Å². The predicted octanol–water partition coefficient (Wildman–Crippen LogP) is 1.98. The van der Waals surface area contributed by atoms with Crippen molar-refractivity contribution < 1.29 is 0 Å². The highest BCUT2D eigenvalue weighted by molar-refractivity contribution is 5.80. The Hall–Kier alpha value is -3.05. The maximum absolute atomic E-state index is 11.8. The third-order valence-electron chi connectivity index (χ3n) is 2.98. The number of aromatic nitrogens is 1. The first-order valence-corrected chi connectivity index (χ1v) is 5.92. The number of aromatic amines is 1. The van der Waals surface area contributed by atoms with Gasteiger partial charge in [0.1, 0.15) is 29.1 Å². The summed E-state index contributed by atoms with van der Waals surface area (Å²) in [5, 5.41) is 18.4. The maximum Gasteiger partial charge on any atom is 0.268 e. The zero-order chi connectivity index (χ0) is 14.9. The zero-order valence-electron chi connectivity index (χ0n) is 11.1. The van der Waals surface area contributed by atoms with Gasteiger partial charge in [-0.2, -0.15) is 10.5 Å². The second-order valence-electron chi connectivity index (χ2n) is 4.59. The molecule has 1 aromatic carbocycles. The topological polar surface area (TPSA) is 106 Å². The molecular weight excluding hydrogens is 252 g/mol. The second-order valence-corrected chi connectivity index (χ2v) is 4.59. The Morgan fingerprint density at radius 3 is 2.10 bits per heavy atom. The zero-order valence-corrected chi connectivity index (χ0v) is 11.1. The molecular formula is C15H12N4O. The standard InChI is InChI=1S/C15H12N4O/c1-8-3-9(2)5-10(4-8)13-11(6-16)14(18)19-15(20)12(13)7-17/h3-5H,1-2H3,(H3,18,19,20). The Morgan fingerprint density at radius 2 is 1.60 bits per heavy atom. The van der Waals surface area contributed by atoms with Crippen molar-refractivity contribution >= 4 is 5.82 Å². The minimum atomic E-state index is -0.585. The molecule has 0 unspecified atom stereocenters. The molecule has 0 aliphatic carbocycles. The van der Waals surface area contributed by atoms with E-state index in [4.69, 9.17) is 5.73 Å². The summed E-state index contributed by atoms with van der Waals surface area (Å²) < 4.78 is 0. The Bertz CT molecular complexity index is 814. The van der Waals surface area contributed by atoms with Crippen molar-refractivity contribution in [2.45, 2.75) is 13.8 Å². The van der Waals surface area contributed by atoms with Crippen molar-refractivity contribution in [3.8, 4) is 23.3 Å². The van der Waals surface area contributed by atoms with E-state index >= 15 is 0 Å². The van der Waals surface area contributed by atoms with Gasteiger partial charge in [-0.05, 0) is 19.4 Å². The Labute approximate surface area is 115 Å². The molecule has 1 aromatic heterocycles. The van der Waals surface area contributed by atoms with Gasteiger partial charge in [-0.1, -0.05) is 29.3 Å². The van der Waals surface area contributed by atoms with Crippen LogP contribution in [0.3, 0.4) is 0 Å². The molecule has 1 heterocycles. The van der Waals surface area contributed by atoms with Gasteiger partial charge in [-0.3, -0.25) is 4.79 Å². The summed E-state index contributed by atoms with van der Waals surface area (Å²) in [4.78, 5) is 14.2. The summed E-state index contributed by atoms with van der Waals surface area (Å²) in [6.45, 7) is 3.82. The summed E-state index contributed by atoms with van der Waals surface area (Å²) in [7, 11) is 0. The van der Waals surface area contributed by atoms with E-state index in [1.807, 2.05) is 44.2 Å². The maximum atomic E-state index is 11.8. The van der Waals surface area contributed by atoms with Crippen molar-refractivity contribution in [3.05, 3.63) is 50.8 Å². The third kappa shape index (κ3) is 2.13. The molecule has 5 nitrogen and oxygen atoms in total. The van der Waals surface area contributed by atoms with Crippen LogP contribution in [0.15, 0.2) is 23.0 Å². The van der Waals surface area contributed by atoms with Gasteiger partial charge in [-0.15, -0.1) is 0 Å². The van der Waals surface area contributed by atoms with Gasteiger partial charge in [0.2, 0.25) is 0 Å². The molecule has 0 atom stereocenters. The SMILES string of the molecule is Cc1cc(C)cc(-c2c(C#N)c(N)[nH]c(=O)c2C#N)c1. The number of pyridine rings is 1. The lowest BCUT2D eigenvalue weighted by Crippen LogP contribution is -2.16. The second kappa shape index (κ2) is 4.91. The highest BCUT2D eigenvalue weighted by Gasteiger charge is 2.18. The molecule has 0 saturated heterocycles. The monoisotopic (exact) mass is 264 g/mol. The molecule has 0 spiro atoms. The number of nitriles is 2. The fourth-order valence-corrected chi connectivity index (χ4v) is 2.25. The molecule has 2 aromatic rings. The van der Waals surface area contributed by atoms with Crippen LogP contribution in [0.2, 0.25) is 0 Å². The van der Waals surface area contributed by atoms with E-state index in [2.05, 4.69) is 4.98 Å². The summed E-state index contributed by atoms with van der Waals surface area (Å²) in [5.41, 5.74) is 8.02. The molecule has 0 amide bonds. The van der Waals surface area contributed by atoms with Gasteiger partial charge >= 0.3 is 0 Å². The Morgan fingerprint density at radius 1 is 1.05 bits per heavy atom. The predicted molar refractivity (Wildman–Crippen MR) is 75.8 cm³/mol. The number of hydrogen-bond acceptors (Lipinski definition) is 4. The van der Waals surface area contributed by atoms with Crippen LogP contribution in [0.1, 0.15) is 22.3 Å². The van der Waals surface area contributed by atoms with Gasteiger partial charge in [0.15, 0.2) is 0 Å². The number of nitrogens with one attached hydrogen (secondary N) is 1. The lowest BCUT2D eigenvalue weighted by Gasteiger charge is -2.10. The first kappa shape index (κ1) is 13.4. The molecule has 2 rings (SSSR count). The Balaban J connectivity index is 2.96. The van der Waals surface area contributed by atoms with Crippen LogP contribution >= 0.6 is 0 Å². The van der Waals surface area contributed by atoms with Crippen molar-refractivity contribution in [2.75, 3.05) is 5.73 Å². The highest BCUT2D eigenvalue weighted by Crippen LogP contribution is 2.29. The Kier molecular flexibility index (Phi) is 3.28. The van der Waals surface area contributed by atoms with Crippen LogP contribution in [-0.2, 0) is 0 Å². The number of anilines is 1. The quantitative estimate of drug-likeness (QED) is 0.821. The highest BCUT2D eigenvalue weighted by atomic mass is 16.1. The molecule has 5 heteroatoms. The van der Waals surface area contributed by atoms with Gasteiger partial charge in [0.25, 0.3) is 5.56 Å². The van der Waals surface area contributed by atoms with Crippen LogP contribution < -0.4 is 11.3 Å². The van der Waals surface area contributed by atoms with E-state index in [0.29, 0.717) is 11.1 Å². The molecule has 0 fully saturated rings. The fraction of sp³-hybridized carbons (Fsp3) is 0.133. The summed E-state index contributed by atoms with van der Waals surface area (Å²) in [6.07, 6.45) is 0. The lowest BCUT2D eigenvalue weighted by molar-refractivity contribution is 1.21. The number of nitrogen functional groups attached to an aromatic ring is 1. The fourth-order valence-electron chi connectivity index (χ4n) is 2.25. The van der Waals surface area contributed by atoms with Crippen LogP contribution in [0.5, 0.6) is 0 Å². The minimum absolute atomic E-state index is 0.0225. The number of hydrogen-bond donors (Lipinski definition) is 2. The van der Waals surface area contributed by atoms with E-state index in [0.717, 1.165) is 11.1 Å². The van der Waals surface area contributed by atoms with Crippen LogP contribution in [0, 0.1) is 36.5 Å². The van der Waals surface area contributed by atoms with Crippen molar-refractivity contribution in [1.29, 1.82) is 10.5 Å². The average molecular weight is 264 g/mol. The third-order valence-corrected chi connectivity index (χ3v) is 2.98. The smallest absolute Gasteiger partial charge is 0.268 e. The van der Waals surface area contributed by atoms with E-state index < -0.39 is 5.56 Å². The summed E-state index contributed by atoms with van der Waals surface area (Å²) in [6, 6.07) is 9.42. The number of nitrogens with two attached hydrogens (primary N) is 1. The van der Waals surface area contributed by atoms with Crippen molar-refractivity contribution in [1.82, 2.24) is 4.98 Å². The van der Waals surface area contributed by atoms with Crippen molar-refractivity contribution in [2.24, 2.45) is 0 Å². The largest absolute Gasteiger partial charge is 0.384 e. The van der Waals surface area contributed by atoms with E-state index in [1.165, 1.54) is 0 Å². The molecule has 0 aliphatic heterocycles. The van der Waals surface area contributed by atoms with Gasteiger partial charge < -0.3 is 10.7 Å². The first-order chi connectivity index (χ1) is 9.47. The number of nitrogens with zero attached hydrogens (tertiary/aromatic N) is 2. The molecule has 0 aliphatic rings. The van der Waals surface area contributed by atoms with E-state index in [1.54, 1.807) is 0 Å². The van der Waals surface area contributed by atoms with Crippen LogP contribution in [0.4, 0.5) is 5.82 Å². The molecule has 3 N–H and O–H groups in total. The lowest BCUT2D eigenvalue weighted by atomic mass is 9.94. The van der Waals surface area contributed by atoms with Crippen LogP contribution in [-0.4, -0.2) is 4.98 Å². The summed E-state index contributed by atoms with van der Waals surface area (Å²) in [5.74, 6) is -0.0225. The average Bonchev–Trinajstić information content (AvgIpc) is 2.36. The molecule has 0 radical (unpaired) electrons. The van der Waals surface area contributed by atoms with Gasteiger partial charge in [0, 0.05) is 5.56 Å². The molecule has 20 heavy (non-hydrogen) atoms. The summed E-state index contributed by atoms with van der Waals surface area (Å²) >= 11 is 0. The molecule has 0 bridgehead atoms. The van der Waals surface area contributed by atoms with E-state index in [9.17, 15) is 15.3 Å². The number of H-pyrrole nitrogens is 1.